The van der Waals surface area contributed by atoms with Gasteiger partial charge in [-0.1, -0.05) is 6.42 Å². The Bertz CT molecular complexity index is 447. The van der Waals surface area contributed by atoms with E-state index in [1.807, 2.05) is 0 Å². The molecule has 0 heterocycles. The van der Waals surface area contributed by atoms with Gasteiger partial charge in [-0.2, -0.15) is 0 Å². The summed E-state index contributed by atoms with van der Waals surface area (Å²) in [6, 6.07) is -1.31. The molecule has 0 spiro atoms. The molecule has 0 aliphatic rings. The Morgan fingerprint density at radius 3 is 1.68 bits per heavy atom. The Morgan fingerprint density at radius 2 is 1.18 bits per heavy atom. The van der Waals surface area contributed by atoms with E-state index in [-0.39, 0.29) is 17.7 Å². The van der Waals surface area contributed by atoms with Crippen LogP contribution < -0.4 is 33.2 Å². The molecule has 0 rings (SSSR count). The molecule has 0 unspecified atom stereocenters. The summed E-state index contributed by atoms with van der Waals surface area (Å²) in [5.41, 5.74) is 16.5. The van der Waals surface area contributed by atoms with Crippen molar-refractivity contribution in [3.05, 3.63) is 0 Å². The summed E-state index contributed by atoms with van der Waals surface area (Å²) in [6.45, 7) is 3.63. The number of hydrogen-bond donors (Lipinski definition) is 6. The lowest BCUT2D eigenvalue weighted by Gasteiger charge is -2.23. The second-order valence-corrected chi connectivity index (χ2v) is 7.02. The van der Waals surface area contributed by atoms with Gasteiger partial charge in [0.25, 0.3) is 0 Å². The van der Waals surface area contributed by atoms with Crippen LogP contribution in [0.4, 0.5) is 0 Å². The minimum atomic E-state index is -0.668. The lowest BCUT2D eigenvalue weighted by Crippen LogP contribution is -2.53. The number of nitrogens with two attached hydrogens (primary N) is 3. The molecule has 164 valence electrons. The first-order chi connectivity index (χ1) is 13.5. The van der Waals surface area contributed by atoms with Crippen molar-refractivity contribution < 1.29 is 14.4 Å². The van der Waals surface area contributed by atoms with Crippen LogP contribution >= 0.6 is 0 Å². The average molecular weight is 401 g/mol. The lowest BCUT2D eigenvalue weighted by molar-refractivity contribution is -0.132. The molecule has 28 heavy (non-hydrogen) atoms. The zero-order valence-electron chi connectivity index (χ0n) is 17.3. The van der Waals surface area contributed by atoms with Gasteiger partial charge >= 0.3 is 0 Å². The van der Waals surface area contributed by atoms with Crippen molar-refractivity contribution in [3.8, 4) is 0 Å². The molecule has 0 radical (unpaired) electrons. The third kappa shape index (κ3) is 13.5. The van der Waals surface area contributed by atoms with Gasteiger partial charge < -0.3 is 33.2 Å². The predicted octanol–water partition coefficient (Wildman–Crippen LogP) is -0.521. The summed E-state index contributed by atoms with van der Waals surface area (Å²) < 4.78 is 0. The molecule has 0 bridgehead atoms. The van der Waals surface area contributed by atoms with Crippen molar-refractivity contribution in [2.75, 3.05) is 26.2 Å². The summed E-state index contributed by atoms with van der Waals surface area (Å²) in [5, 5.41) is 8.34. The summed E-state index contributed by atoms with van der Waals surface area (Å²) in [4.78, 5) is 36.6. The molecule has 0 aromatic heterocycles. The zero-order valence-corrected chi connectivity index (χ0v) is 17.3. The fourth-order valence-electron chi connectivity index (χ4n) is 2.82. The van der Waals surface area contributed by atoms with E-state index in [1.54, 1.807) is 0 Å². The van der Waals surface area contributed by atoms with Crippen LogP contribution in [0.3, 0.4) is 0 Å². The highest BCUT2D eigenvalue weighted by Crippen LogP contribution is 2.05. The van der Waals surface area contributed by atoms with E-state index in [9.17, 15) is 14.4 Å². The van der Waals surface area contributed by atoms with Gasteiger partial charge in [-0.15, -0.1) is 0 Å². The van der Waals surface area contributed by atoms with E-state index < -0.39 is 12.1 Å². The van der Waals surface area contributed by atoms with Gasteiger partial charge in [0.05, 0.1) is 0 Å². The highest BCUT2D eigenvalue weighted by molar-refractivity contribution is 5.91. The quantitative estimate of drug-likeness (QED) is 0.180. The Morgan fingerprint density at radius 1 is 0.679 bits per heavy atom. The second kappa shape index (κ2) is 17.4. The maximum Gasteiger partial charge on any atom is 0.243 e. The Kier molecular flexibility index (Phi) is 16.3. The second-order valence-electron chi connectivity index (χ2n) is 7.02. The molecule has 0 saturated heterocycles. The number of unbranched alkanes of at least 4 members (excludes halogenated alkanes) is 4. The van der Waals surface area contributed by atoms with Crippen LogP contribution in [0.1, 0.15) is 64.7 Å². The zero-order chi connectivity index (χ0) is 21.2. The van der Waals surface area contributed by atoms with Crippen LogP contribution in [0.15, 0.2) is 0 Å². The van der Waals surface area contributed by atoms with Crippen LogP contribution in [0.5, 0.6) is 0 Å². The number of amides is 3. The van der Waals surface area contributed by atoms with Gasteiger partial charge in [0.1, 0.15) is 12.1 Å². The molecule has 3 amide bonds. The van der Waals surface area contributed by atoms with Gasteiger partial charge in [-0.3, -0.25) is 14.4 Å². The lowest BCUT2D eigenvalue weighted by atomic mass is 10.1. The van der Waals surface area contributed by atoms with E-state index in [4.69, 9.17) is 17.2 Å². The topological polar surface area (TPSA) is 165 Å². The smallest absolute Gasteiger partial charge is 0.243 e. The highest BCUT2D eigenvalue weighted by atomic mass is 16.2. The molecule has 2 atom stereocenters. The third-order valence-electron chi connectivity index (χ3n) is 4.40. The summed E-state index contributed by atoms with van der Waals surface area (Å²) >= 11 is 0. The highest BCUT2D eigenvalue weighted by Gasteiger charge is 2.25. The number of carbonyl (C=O) groups is 3. The van der Waals surface area contributed by atoms with Gasteiger partial charge in [0.15, 0.2) is 0 Å². The number of hydrogen-bond acceptors (Lipinski definition) is 6. The van der Waals surface area contributed by atoms with Gasteiger partial charge in [-0.25, -0.2) is 0 Å². The standard InChI is InChI=1S/C19H40N6O3/c1-15(26)24-17(10-4-7-13-22)19(28)25-16(9-3-6-12-21)18(27)23-14-8-2-5-11-20/h16-17H,2-14,20-22H2,1H3,(H,23,27)(H,24,26)(H,25,28)/t16-,17-/m0/s1. The average Bonchev–Trinajstić information content (AvgIpc) is 2.66. The van der Waals surface area contributed by atoms with Crippen LogP contribution in [0.2, 0.25) is 0 Å². The third-order valence-corrected chi connectivity index (χ3v) is 4.40. The van der Waals surface area contributed by atoms with E-state index in [1.165, 1.54) is 6.92 Å². The first-order valence-electron chi connectivity index (χ1n) is 10.4. The molecule has 9 nitrogen and oxygen atoms in total. The van der Waals surface area contributed by atoms with E-state index in [2.05, 4.69) is 16.0 Å². The maximum atomic E-state index is 12.7. The minimum Gasteiger partial charge on any atom is -0.354 e. The molecule has 0 saturated carbocycles. The summed E-state index contributed by atoms with van der Waals surface area (Å²) in [7, 11) is 0. The molecular formula is C19H40N6O3. The largest absolute Gasteiger partial charge is 0.354 e. The maximum absolute atomic E-state index is 12.7. The van der Waals surface area contributed by atoms with Crippen molar-refractivity contribution in [3.63, 3.8) is 0 Å². The Hall–Kier alpha value is -1.71. The summed E-state index contributed by atoms with van der Waals surface area (Å²) in [5.74, 6) is -0.832. The van der Waals surface area contributed by atoms with Crippen LogP contribution in [-0.2, 0) is 14.4 Å². The van der Waals surface area contributed by atoms with E-state index in [0.717, 1.165) is 44.9 Å². The normalized spacial score (nSPS) is 12.9. The van der Waals surface area contributed by atoms with Crippen molar-refractivity contribution >= 4 is 17.7 Å². The van der Waals surface area contributed by atoms with Gasteiger partial charge in [0.2, 0.25) is 17.7 Å². The van der Waals surface area contributed by atoms with Gasteiger partial charge in [-0.05, 0) is 71.0 Å². The molecule has 9 heteroatoms. The number of rotatable bonds is 17. The molecule has 0 fully saturated rings. The minimum absolute atomic E-state index is 0.207. The fraction of sp³-hybridized carbons (Fsp3) is 0.842. The first-order valence-corrected chi connectivity index (χ1v) is 10.4. The van der Waals surface area contributed by atoms with Crippen molar-refractivity contribution in [2.24, 2.45) is 17.2 Å². The number of nitrogens with one attached hydrogen (secondary N) is 3. The monoisotopic (exact) mass is 400 g/mol. The molecule has 0 aliphatic heterocycles. The molecule has 0 aromatic carbocycles. The molecular weight excluding hydrogens is 360 g/mol. The van der Waals surface area contributed by atoms with E-state index in [0.29, 0.717) is 39.0 Å². The Balaban J connectivity index is 4.77. The molecule has 0 aliphatic carbocycles. The van der Waals surface area contributed by atoms with Crippen molar-refractivity contribution in [1.82, 2.24) is 16.0 Å². The SMILES string of the molecule is CC(=O)N[C@@H](CCCCN)C(=O)N[C@@H](CCCCN)C(=O)NCCCCCN. The fourth-order valence-corrected chi connectivity index (χ4v) is 2.82. The predicted molar refractivity (Wildman–Crippen MR) is 111 cm³/mol. The van der Waals surface area contributed by atoms with Crippen LogP contribution in [0.25, 0.3) is 0 Å². The summed E-state index contributed by atoms with van der Waals surface area (Å²) in [6.07, 6.45) is 6.72. The van der Waals surface area contributed by atoms with E-state index >= 15 is 0 Å². The van der Waals surface area contributed by atoms with Crippen LogP contribution in [-0.4, -0.2) is 56.0 Å². The Labute approximate surface area is 168 Å². The first kappa shape index (κ1) is 26.3. The van der Waals surface area contributed by atoms with Crippen molar-refractivity contribution in [1.29, 1.82) is 0 Å². The number of carbonyl (C=O) groups excluding carboxylic acids is 3. The molecule has 9 N–H and O–H groups in total. The molecule has 0 aromatic rings. The van der Waals surface area contributed by atoms with Gasteiger partial charge in [0, 0.05) is 13.5 Å². The van der Waals surface area contributed by atoms with Crippen LogP contribution in [0, 0.1) is 0 Å². The van der Waals surface area contributed by atoms with Crippen molar-refractivity contribution in [2.45, 2.75) is 76.8 Å².